The summed E-state index contributed by atoms with van der Waals surface area (Å²) in [6.45, 7) is 1.88. The van der Waals surface area contributed by atoms with Crippen molar-refractivity contribution < 1.29 is 13.7 Å². The summed E-state index contributed by atoms with van der Waals surface area (Å²) in [7, 11) is 0. The molecule has 1 amide bonds. The van der Waals surface area contributed by atoms with E-state index in [2.05, 4.69) is 20.6 Å². The molecule has 1 N–H and O–H groups in total. The predicted molar refractivity (Wildman–Crippen MR) is 105 cm³/mol. The Morgan fingerprint density at radius 3 is 2.97 bits per heavy atom. The highest BCUT2D eigenvalue weighted by Gasteiger charge is 2.43. The van der Waals surface area contributed by atoms with Crippen LogP contribution in [0.4, 0.5) is 10.1 Å². The number of aryl methyl sites for hydroxylation is 1. The minimum atomic E-state index is -0.906. The Balaban J connectivity index is 1.42. The van der Waals surface area contributed by atoms with Gasteiger partial charge in [0.25, 0.3) is 5.91 Å². The molecule has 0 aliphatic heterocycles. The number of pyridine rings is 1. The van der Waals surface area contributed by atoms with E-state index in [0.29, 0.717) is 45.5 Å². The number of aromatic nitrogens is 4. The molecule has 1 aliphatic rings. The number of nitrogens with zero attached hydrogens (tertiary/aromatic N) is 4. The number of hydrogen-bond acceptors (Lipinski definition) is 5. The van der Waals surface area contributed by atoms with E-state index >= 15 is 0 Å². The maximum atomic E-state index is 13.2. The second-order valence-electron chi connectivity index (χ2n) is 7.03. The number of halogens is 2. The van der Waals surface area contributed by atoms with Gasteiger partial charge in [-0.25, -0.2) is 8.91 Å². The Morgan fingerprint density at radius 2 is 2.17 bits per heavy atom. The van der Waals surface area contributed by atoms with Crippen molar-refractivity contribution in [2.24, 2.45) is 0 Å². The highest BCUT2D eigenvalue weighted by atomic mass is 35.5. The van der Waals surface area contributed by atoms with Crippen LogP contribution in [-0.2, 0) is 0 Å². The Hall–Kier alpha value is -3.26. The second-order valence-corrected chi connectivity index (χ2v) is 7.47. The molecule has 1 aliphatic carbocycles. The van der Waals surface area contributed by atoms with E-state index in [1.807, 2.05) is 19.1 Å². The molecule has 3 aromatic heterocycles. The molecule has 1 aromatic carbocycles. The van der Waals surface area contributed by atoms with Crippen molar-refractivity contribution in [1.29, 1.82) is 0 Å². The lowest BCUT2D eigenvalue weighted by atomic mass is 10.1. The highest BCUT2D eigenvalue weighted by molar-refractivity contribution is 6.30. The van der Waals surface area contributed by atoms with Crippen molar-refractivity contribution in [2.45, 2.75) is 25.4 Å². The van der Waals surface area contributed by atoms with Crippen molar-refractivity contribution >= 4 is 28.7 Å². The summed E-state index contributed by atoms with van der Waals surface area (Å²) in [4.78, 5) is 17.1. The third-order valence-corrected chi connectivity index (χ3v) is 5.16. The summed E-state index contributed by atoms with van der Waals surface area (Å²) in [5.41, 5.74) is 3.23. The lowest BCUT2D eigenvalue weighted by Crippen LogP contribution is -2.12. The molecule has 4 aromatic rings. The topological polar surface area (TPSA) is 85.3 Å². The van der Waals surface area contributed by atoms with E-state index in [0.717, 1.165) is 5.56 Å². The first-order valence-electron chi connectivity index (χ1n) is 9.02. The first kappa shape index (κ1) is 17.8. The number of nitrogens with one attached hydrogen (secondary N) is 1. The van der Waals surface area contributed by atoms with Crippen molar-refractivity contribution in [3.8, 4) is 11.4 Å². The molecule has 1 saturated carbocycles. The van der Waals surface area contributed by atoms with E-state index in [1.54, 1.807) is 28.9 Å². The molecular weight excluding hydrogens is 397 g/mol. The first-order valence-corrected chi connectivity index (χ1v) is 9.40. The zero-order chi connectivity index (χ0) is 20.1. The Morgan fingerprint density at radius 1 is 1.34 bits per heavy atom. The molecule has 5 rings (SSSR count). The maximum absolute atomic E-state index is 13.2. The van der Waals surface area contributed by atoms with Gasteiger partial charge in [0.2, 0.25) is 11.7 Å². The highest BCUT2D eigenvalue weighted by Crippen LogP contribution is 2.43. The lowest BCUT2D eigenvalue weighted by Gasteiger charge is -2.09. The fourth-order valence-electron chi connectivity index (χ4n) is 3.14. The quantitative estimate of drug-likeness (QED) is 0.537. The molecule has 3 heterocycles. The van der Waals surface area contributed by atoms with E-state index in [9.17, 15) is 9.18 Å². The van der Waals surface area contributed by atoms with Gasteiger partial charge in [0, 0.05) is 17.4 Å². The number of carbonyl (C=O) groups excluding carboxylic acids is 1. The van der Waals surface area contributed by atoms with Crippen LogP contribution >= 0.6 is 11.6 Å². The van der Waals surface area contributed by atoms with Gasteiger partial charge in [0.1, 0.15) is 6.17 Å². The number of anilines is 1. The van der Waals surface area contributed by atoms with Gasteiger partial charge in [0.05, 0.1) is 28.2 Å². The van der Waals surface area contributed by atoms with Gasteiger partial charge in [-0.15, -0.1) is 0 Å². The van der Waals surface area contributed by atoms with Crippen molar-refractivity contribution in [2.75, 3.05) is 5.32 Å². The van der Waals surface area contributed by atoms with Gasteiger partial charge >= 0.3 is 0 Å². The number of benzene rings is 1. The predicted octanol–water partition coefficient (Wildman–Crippen LogP) is 4.42. The average molecular weight is 412 g/mol. The molecular formula is C20H15ClFN5O2. The van der Waals surface area contributed by atoms with E-state index in [-0.39, 0.29) is 11.8 Å². The molecule has 7 nitrogen and oxygen atoms in total. The van der Waals surface area contributed by atoms with Crippen LogP contribution in [0.1, 0.15) is 34.2 Å². The third-order valence-electron chi connectivity index (χ3n) is 4.94. The monoisotopic (exact) mass is 411 g/mol. The van der Waals surface area contributed by atoms with Crippen LogP contribution in [0.3, 0.4) is 0 Å². The van der Waals surface area contributed by atoms with Crippen LogP contribution < -0.4 is 5.32 Å². The summed E-state index contributed by atoms with van der Waals surface area (Å²) < 4.78 is 19.9. The molecule has 0 unspecified atom stereocenters. The van der Waals surface area contributed by atoms with Crippen LogP contribution in [0.15, 0.2) is 47.2 Å². The molecule has 2 atom stereocenters. The van der Waals surface area contributed by atoms with Crippen molar-refractivity contribution in [3.63, 3.8) is 0 Å². The average Bonchev–Trinajstić information content (AvgIpc) is 3.10. The molecule has 29 heavy (non-hydrogen) atoms. The standard InChI is InChI=1S/C20H15ClFN5O2/c1-10-2-3-11(18-25-20(29-26-18)13-7-15(13)22)6-16(10)24-19(28)14-8-23-27-9-12(21)4-5-17(14)27/h2-6,8-9,13,15H,7H2,1H3,(H,24,28)/t13-,15-/m0/s1. The molecule has 9 heteroatoms. The largest absolute Gasteiger partial charge is 0.339 e. The van der Waals surface area contributed by atoms with Gasteiger partial charge < -0.3 is 9.84 Å². The van der Waals surface area contributed by atoms with E-state index in [1.165, 1.54) is 6.20 Å². The van der Waals surface area contributed by atoms with Gasteiger partial charge in [0.15, 0.2) is 0 Å². The SMILES string of the molecule is Cc1ccc(-c2noc([C@H]3C[C@@H]3F)n2)cc1NC(=O)c1cnn2cc(Cl)ccc12. The fourth-order valence-corrected chi connectivity index (χ4v) is 3.30. The van der Waals surface area contributed by atoms with Crippen LogP contribution in [0.2, 0.25) is 5.02 Å². The summed E-state index contributed by atoms with van der Waals surface area (Å²) in [6.07, 6.45) is 2.64. The number of amides is 1. The Labute approximate surface area is 169 Å². The smallest absolute Gasteiger partial charge is 0.259 e. The van der Waals surface area contributed by atoms with Gasteiger partial charge in [-0.1, -0.05) is 28.9 Å². The molecule has 0 radical (unpaired) electrons. The molecule has 146 valence electrons. The number of fused-ring (bicyclic) bond motifs is 1. The molecule has 0 saturated heterocycles. The van der Waals surface area contributed by atoms with Gasteiger partial charge in [-0.3, -0.25) is 4.79 Å². The van der Waals surface area contributed by atoms with Crippen LogP contribution in [0.5, 0.6) is 0 Å². The number of rotatable bonds is 4. The van der Waals surface area contributed by atoms with E-state index < -0.39 is 6.17 Å². The summed E-state index contributed by atoms with van der Waals surface area (Å²) >= 11 is 5.97. The van der Waals surface area contributed by atoms with Gasteiger partial charge in [-0.05, 0) is 37.1 Å². The number of hydrogen-bond donors (Lipinski definition) is 1. The van der Waals surface area contributed by atoms with Gasteiger partial charge in [-0.2, -0.15) is 10.1 Å². The first-order chi connectivity index (χ1) is 14.0. The minimum absolute atomic E-state index is 0.297. The zero-order valence-corrected chi connectivity index (χ0v) is 16.0. The van der Waals surface area contributed by atoms with Crippen LogP contribution in [0, 0.1) is 6.92 Å². The summed E-state index contributed by atoms with van der Waals surface area (Å²) in [6, 6.07) is 8.90. The fraction of sp³-hybridized carbons (Fsp3) is 0.200. The number of carbonyl (C=O) groups is 1. The molecule has 0 bridgehead atoms. The maximum Gasteiger partial charge on any atom is 0.259 e. The normalized spacial score (nSPS) is 18.2. The second kappa shape index (κ2) is 6.66. The Kier molecular flexibility index (Phi) is 4.09. The van der Waals surface area contributed by atoms with Crippen molar-refractivity contribution in [3.05, 3.63) is 64.8 Å². The Bertz CT molecular complexity index is 1250. The molecule has 1 fully saturated rings. The van der Waals surface area contributed by atoms with Crippen LogP contribution in [0.25, 0.3) is 16.9 Å². The molecule has 0 spiro atoms. The van der Waals surface area contributed by atoms with E-state index in [4.69, 9.17) is 16.1 Å². The summed E-state index contributed by atoms with van der Waals surface area (Å²) in [5.74, 6) is 0.0727. The van der Waals surface area contributed by atoms with Crippen molar-refractivity contribution in [1.82, 2.24) is 19.8 Å². The zero-order valence-electron chi connectivity index (χ0n) is 15.3. The third kappa shape index (κ3) is 3.25. The summed E-state index contributed by atoms with van der Waals surface area (Å²) in [5, 5.41) is 11.5. The lowest BCUT2D eigenvalue weighted by molar-refractivity contribution is 0.102. The minimum Gasteiger partial charge on any atom is -0.339 e. The van der Waals surface area contributed by atoms with Crippen LogP contribution in [-0.4, -0.2) is 31.8 Å². The number of alkyl halides is 1.